The Morgan fingerprint density at radius 1 is 1.36 bits per heavy atom. The van der Waals surface area contributed by atoms with Gasteiger partial charge in [-0.2, -0.15) is 0 Å². The topological polar surface area (TPSA) is 83.9 Å². The zero-order valence-corrected chi connectivity index (χ0v) is 16.8. The number of hydrogen-bond acceptors (Lipinski definition) is 4. The second-order valence-electron chi connectivity index (χ2n) is 8.14. The highest BCUT2D eigenvalue weighted by Crippen LogP contribution is 2.41. The number of carbonyl (C=O) groups is 3. The predicted octanol–water partition coefficient (Wildman–Crippen LogP) is 4.43. The van der Waals surface area contributed by atoms with Gasteiger partial charge in [-0.1, -0.05) is 57.2 Å². The smallest absolute Gasteiger partial charge is 0.417 e. The van der Waals surface area contributed by atoms with Crippen molar-refractivity contribution >= 4 is 18.0 Å². The minimum atomic E-state index is -0.899. The number of imide groups is 1. The molecule has 0 unspecified atom stereocenters. The Hall–Kier alpha value is -2.63. The summed E-state index contributed by atoms with van der Waals surface area (Å²) >= 11 is 0. The van der Waals surface area contributed by atoms with Crippen LogP contribution in [-0.2, 0) is 14.3 Å². The van der Waals surface area contributed by atoms with E-state index in [9.17, 15) is 19.5 Å². The zero-order chi connectivity index (χ0) is 20.9. The predicted molar refractivity (Wildman–Crippen MR) is 105 cm³/mol. The summed E-state index contributed by atoms with van der Waals surface area (Å²) in [5.41, 5.74) is 0.226. The number of carboxylic acids is 1. The van der Waals surface area contributed by atoms with Crippen LogP contribution < -0.4 is 0 Å². The van der Waals surface area contributed by atoms with E-state index in [0.29, 0.717) is 6.42 Å². The van der Waals surface area contributed by atoms with Gasteiger partial charge in [0.05, 0.1) is 0 Å². The van der Waals surface area contributed by atoms with Gasteiger partial charge in [0, 0.05) is 12.8 Å². The summed E-state index contributed by atoms with van der Waals surface area (Å²) in [7, 11) is 0. The molecule has 2 rings (SSSR count). The fourth-order valence-corrected chi connectivity index (χ4v) is 4.09. The van der Waals surface area contributed by atoms with Crippen LogP contribution in [0, 0.1) is 17.3 Å². The van der Waals surface area contributed by atoms with Gasteiger partial charge in [-0.3, -0.25) is 9.59 Å². The maximum Gasteiger partial charge on any atom is 0.417 e. The second-order valence-corrected chi connectivity index (χ2v) is 8.14. The largest absolute Gasteiger partial charge is 0.481 e. The van der Waals surface area contributed by atoms with Crippen molar-refractivity contribution < 1.29 is 24.2 Å². The van der Waals surface area contributed by atoms with Crippen LogP contribution in [0.2, 0.25) is 0 Å². The van der Waals surface area contributed by atoms with Crippen LogP contribution in [0.25, 0.3) is 0 Å². The number of carboxylic acid groups (broad SMARTS) is 1. The van der Waals surface area contributed by atoms with Crippen LogP contribution in [0.5, 0.6) is 0 Å². The van der Waals surface area contributed by atoms with E-state index in [1.54, 1.807) is 6.08 Å². The molecule has 1 aromatic rings. The number of ether oxygens (including phenoxy) is 1. The van der Waals surface area contributed by atoms with Gasteiger partial charge >= 0.3 is 12.1 Å². The SMILES string of the molecule is C=CC[C@H](C)[C@@H](CC(=O)O)C(C)(C)CC(=O)N1C(=O)OC[C@H]1c1ccccc1. The van der Waals surface area contributed by atoms with E-state index in [-0.39, 0.29) is 37.2 Å². The summed E-state index contributed by atoms with van der Waals surface area (Å²) in [6.45, 7) is 9.61. The Balaban J connectivity index is 2.22. The number of cyclic esters (lactones) is 1. The lowest BCUT2D eigenvalue weighted by Gasteiger charge is -2.38. The summed E-state index contributed by atoms with van der Waals surface area (Å²) in [6.07, 6.45) is 1.80. The van der Waals surface area contributed by atoms with E-state index in [1.807, 2.05) is 51.1 Å². The van der Waals surface area contributed by atoms with E-state index < -0.39 is 23.5 Å². The Bertz CT molecular complexity index is 728. The number of allylic oxidation sites excluding steroid dienone is 1. The molecule has 0 aliphatic carbocycles. The molecule has 0 bridgehead atoms. The molecule has 0 radical (unpaired) electrons. The molecule has 2 amide bonds. The molecule has 28 heavy (non-hydrogen) atoms. The molecular weight excluding hydrogens is 358 g/mol. The van der Waals surface area contributed by atoms with E-state index in [1.165, 1.54) is 4.90 Å². The first-order valence-electron chi connectivity index (χ1n) is 9.53. The summed E-state index contributed by atoms with van der Waals surface area (Å²) < 4.78 is 5.14. The number of aliphatic carboxylic acids is 1. The van der Waals surface area contributed by atoms with Crippen molar-refractivity contribution in [1.82, 2.24) is 4.90 Å². The van der Waals surface area contributed by atoms with Gasteiger partial charge in [-0.05, 0) is 29.2 Å². The van der Waals surface area contributed by atoms with Crippen LogP contribution in [0.1, 0.15) is 51.6 Å². The molecule has 1 saturated heterocycles. The van der Waals surface area contributed by atoms with Crippen LogP contribution in [-0.4, -0.2) is 34.6 Å². The Labute approximate surface area is 166 Å². The molecular formula is C22H29NO5. The Morgan fingerprint density at radius 2 is 2.00 bits per heavy atom. The normalized spacial score (nSPS) is 19.0. The minimum absolute atomic E-state index is 0.0398. The average Bonchev–Trinajstić information content (AvgIpc) is 3.01. The standard InChI is InChI=1S/C22H29NO5/c1-5-9-15(2)17(12-20(25)26)22(3,4)13-19(24)23-18(14-28-21(23)27)16-10-7-6-8-11-16/h5-8,10-11,15,17-18H,1,9,12-14H2,2-4H3,(H,25,26)/t15-,17+,18-/m0/s1. The van der Waals surface area contributed by atoms with Gasteiger partial charge in [0.25, 0.3) is 0 Å². The number of hydrogen-bond donors (Lipinski definition) is 1. The van der Waals surface area contributed by atoms with Crippen LogP contribution in [0.3, 0.4) is 0 Å². The van der Waals surface area contributed by atoms with Crippen LogP contribution in [0.15, 0.2) is 43.0 Å². The van der Waals surface area contributed by atoms with E-state index in [2.05, 4.69) is 6.58 Å². The van der Waals surface area contributed by atoms with Crippen molar-refractivity contribution in [2.75, 3.05) is 6.61 Å². The van der Waals surface area contributed by atoms with Gasteiger partial charge in [-0.25, -0.2) is 9.69 Å². The number of carbonyl (C=O) groups excluding carboxylic acids is 2. The van der Waals surface area contributed by atoms with Crippen molar-refractivity contribution in [3.63, 3.8) is 0 Å². The van der Waals surface area contributed by atoms with E-state index >= 15 is 0 Å². The molecule has 0 aromatic heterocycles. The second kappa shape index (κ2) is 9.04. The van der Waals surface area contributed by atoms with E-state index in [0.717, 1.165) is 5.56 Å². The van der Waals surface area contributed by atoms with Gasteiger partial charge in [-0.15, -0.1) is 6.58 Å². The molecule has 1 aromatic carbocycles. The molecule has 0 saturated carbocycles. The average molecular weight is 387 g/mol. The third kappa shape index (κ3) is 5.00. The highest BCUT2D eigenvalue weighted by atomic mass is 16.6. The minimum Gasteiger partial charge on any atom is -0.481 e. The molecule has 1 aliphatic heterocycles. The molecule has 152 valence electrons. The Kier molecular flexibility index (Phi) is 7.00. The maximum absolute atomic E-state index is 13.1. The number of rotatable bonds is 9. The molecule has 6 nitrogen and oxygen atoms in total. The first kappa shape index (κ1) is 21.7. The molecule has 1 aliphatic rings. The number of nitrogens with zero attached hydrogens (tertiary/aromatic N) is 1. The molecule has 3 atom stereocenters. The van der Waals surface area contributed by atoms with Crippen LogP contribution in [0.4, 0.5) is 4.79 Å². The fourth-order valence-electron chi connectivity index (χ4n) is 4.09. The monoisotopic (exact) mass is 387 g/mol. The lowest BCUT2D eigenvalue weighted by atomic mass is 9.68. The van der Waals surface area contributed by atoms with Crippen molar-refractivity contribution in [2.24, 2.45) is 17.3 Å². The molecule has 1 fully saturated rings. The zero-order valence-electron chi connectivity index (χ0n) is 16.8. The van der Waals surface area contributed by atoms with Gasteiger partial charge in [0.1, 0.15) is 12.6 Å². The molecule has 0 spiro atoms. The molecule has 1 heterocycles. The van der Waals surface area contributed by atoms with Crippen molar-refractivity contribution in [3.8, 4) is 0 Å². The van der Waals surface area contributed by atoms with Crippen molar-refractivity contribution in [1.29, 1.82) is 0 Å². The quantitative estimate of drug-likeness (QED) is 0.634. The summed E-state index contributed by atoms with van der Waals surface area (Å²) in [5, 5.41) is 9.35. The highest BCUT2D eigenvalue weighted by molar-refractivity contribution is 5.94. The van der Waals surface area contributed by atoms with E-state index in [4.69, 9.17) is 4.74 Å². The number of amides is 2. The lowest BCUT2D eigenvalue weighted by molar-refractivity contribution is -0.142. The van der Waals surface area contributed by atoms with Crippen molar-refractivity contribution in [3.05, 3.63) is 48.6 Å². The van der Waals surface area contributed by atoms with Gasteiger partial charge < -0.3 is 9.84 Å². The summed E-state index contributed by atoms with van der Waals surface area (Å²) in [4.78, 5) is 37.9. The summed E-state index contributed by atoms with van der Waals surface area (Å²) in [6, 6.07) is 8.83. The molecule has 1 N–H and O–H groups in total. The summed E-state index contributed by atoms with van der Waals surface area (Å²) in [5.74, 6) is -1.43. The van der Waals surface area contributed by atoms with Crippen LogP contribution >= 0.6 is 0 Å². The Morgan fingerprint density at radius 3 is 2.57 bits per heavy atom. The number of benzene rings is 1. The third-order valence-corrected chi connectivity index (χ3v) is 5.56. The third-order valence-electron chi connectivity index (χ3n) is 5.56. The first-order chi connectivity index (χ1) is 13.2. The van der Waals surface area contributed by atoms with Crippen molar-refractivity contribution in [2.45, 2.75) is 46.1 Å². The van der Waals surface area contributed by atoms with Gasteiger partial charge in [0.15, 0.2) is 0 Å². The highest BCUT2D eigenvalue weighted by Gasteiger charge is 2.43. The molecule has 6 heteroatoms. The fraction of sp³-hybridized carbons (Fsp3) is 0.500. The van der Waals surface area contributed by atoms with Gasteiger partial charge in [0.2, 0.25) is 5.91 Å². The lowest BCUT2D eigenvalue weighted by Crippen LogP contribution is -2.40. The maximum atomic E-state index is 13.1. The first-order valence-corrected chi connectivity index (χ1v) is 9.53.